The smallest absolute Gasteiger partial charge is 0.339 e. The number of carbonyl (C=O) groups excluding carboxylic acids is 1. The van der Waals surface area contributed by atoms with Crippen molar-refractivity contribution in [1.29, 1.82) is 0 Å². The van der Waals surface area contributed by atoms with Gasteiger partial charge in [-0.25, -0.2) is 4.79 Å². The molecule has 0 aromatic heterocycles. The molecule has 15 heavy (non-hydrogen) atoms. The Bertz CT molecular complexity index is 403. The van der Waals surface area contributed by atoms with Crippen molar-refractivity contribution in [3.8, 4) is 5.75 Å². The topological polar surface area (TPSA) is 116 Å². The summed E-state index contributed by atoms with van der Waals surface area (Å²) < 4.78 is 4.91. The monoisotopic (exact) mass is 210 g/mol. The summed E-state index contributed by atoms with van der Waals surface area (Å²) in [4.78, 5) is 21.2. The zero-order chi connectivity index (χ0) is 11.4. The number of rotatable bonds is 4. The van der Waals surface area contributed by atoms with Crippen LogP contribution in [-0.4, -0.2) is 23.6 Å². The minimum atomic E-state index is -1.18. The number of hydrogen-bond donors (Lipinski definition) is 3. The highest BCUT2D eigenvalue weighted by molar-refractivity contribution is 5.93. The van der Waals surface area contributed by atoms with Gasteiger partial charge in [0.1, 0.15) is 5.56 Å². The van der Waals surface area contributed by atoms with Gasteiger partial charge in [0.2, 0.25) is 0 Å². The number of benzene rings is 1. The van der Waals surface area contributed by atoms with E-state index < -0.39 is 18.5 Å². The zero-order valence-corrected chi connectivity index (χ0v) is 7.77. The zero-order valence-electron chi connectivity index (χ0n) is 7.77. The lowest BCUT2D eigenvalue weighted by Crippen LogP contribution is -2.21. The van der Waals surface area contributed by atoms with Gasteiger partial charge in [-0.15, -0.1) is 0 Å². The Labute approximate surface area is 85.4 Å². The summed E-state index contributed by atoms with van der Waals surface area (Å²) in [5.74, 6) is -1.92. The maximum Gasteiger partial charge on any atom is 0.339 e. The average molecular weight is 210 g/mol. The molecule has 1 aromatic rings. The van der Waals surface area contributed by atoms with Crippen LogP contribution in [0.3, 0.4) is 0 Å². The van der Waals surface area contributed by atoms with Gasteiger partial charge in [0.05, 0.1) is 5.69 Å². The minimum absolute atomic E-state index is 0.0381. The number of carbonyl (C=O) groups is 2. The lowest BCUT2D eigenvalue weighted by molar-refractivity contribution is -0.119. The first-order chi connectivity index (χ1) is 7.02. The molecule has 0 atom stereocenters. The van der Waals surface area contributed by atoms with E-state index in [0.717, 1.165) is 0 Å². The summed E-state index contributed by atoms with van der Waals surface area (Å²) >= 11 is 0. The van der Waals surface area contributed by atoms with Gasteiger partial charge in [0, 0.05) is 0 Å². The Balaban J connectivity index is 3.02. The molecular formula is C9H10N2O4. The molecule has 0 aliphatic rings. The summed E-state index contributed by atoms with van der Waals surface area (Å²) in [5.41, 5.74) is 10.4. The lowest BCUT2D eigenvalue weighted by Gasteiger charge is -2.09. The minimum Gasteiger partial charge on any atom is -0.481 e. The van der Waals surface area contributed by atoms with Crippen molar-refractivity contribution in [3.05, 3.63) is 23.8 Å². The average Bonchev–Trinajstić information content (AvgIpc) is 2.15. The molecule has 0 unspecified atom stereocenters. The predicted molar refractivity (Wildman–Crippen MR) is 52.5 cm³/mol. The number of carboxylic acids is 1. The van der Waals surface area contributed by atoms with Crippen molar-refractivity contribution >= 4 is 17.6 Å². The van der Waals surface area contributed by atoms with Crippen LogP contribution >= 0.6 is 0 Å². The molecular weight excluding hydrogens is 200 g/mol. The highest BCUT2D eigenvalue weighted by Crippen LogP contribution is 2.26. The Morgan fingerprint density at radius 2 is 2.07 bits per heavy atom. The van der Waals surface area contributed by atoms with Crippen LogP contribution in [0.5, 0.6) is 5.75 Å². The highest BCUT2D eigenvalue weighted by atomic mass is 16.5. The fourth-order valence-electron chi connectivity index (χ4n) is 1.03. The van der Waals surface area contributed by atoms with Crippen LogP contribution in [-0.2, 0) is 4.79 Å². The van der Waals surface area contributed by atoms with Gasteiger partial charge in [-0.1, -0.05) is 6.07 Å². The molecule has 80 valence electrons. The SMILES string of the molecule is NC(=O)COc1c(N)cccc1C(=O)O. The number of nitrogen functional groups attached to an aromatic ring is 1. The van der Waals surface area contributed by atoms with Gasteiger partial charge in [-0.2, -0.15) is 0 Å². The van der Waals surface area contributed by atoms with E-state index in [-0.39, 0.29) is 17.0 Å². The molecule has 6 heteroatoms. The number of para-hydroxylation sites is 1. The number of carboxylic acid groups (broad SMARTS) is 1. The van der Waals surface area contributed by atoms with Crippen LogP contribution in [0.2, 0.25) is 0 Å². The summed E-state index contributed by atoms with van der Waals surface area (Å²) in [6.07, 6.45) is 0. The summed E-state index contributed by atoms with van der Waals surface area (Å²) in [6, 6.07) is 4.29. The van der Waals surface area contributed by atoms with Crippen molar-refractivity contribution < 1.29 is 19.4 Å². The first kappa shape index (κ1) is 10.8. The van der Waals surface area contributed by atoms with E-state index >= 15 is 0 Å². The molecule has 0 aliphatic heterocycles. The second-order valence-corrected chi connectivity index (χ2v) is 2.78. The number of hydrogen-bond acceptors (Lipinski definition) is 4. The molecule has 1 aromatic carbocycles. The Morgan fingerprint density at radius 3 is 2.60 bits per heavy atom. The molecule has 6 nitrogen and oxygen atoms in total. The van der Waals surface area contributed by atoms with Crippen LogP contribution in [0.25, 0.3) is 0 Å². The van der Waals surface area contributed by atoms with E-state index in [4.69, 9.17) is 21.3 Å². The van der Waals surface area contributed by atoms with Crippen LogP contribution in [0.1, 0.15) is 10.4 Å². The quantitative estimate of drug-likeness (QED) is 0.596. The van der Waals surface area contributed by atoms with Crippen molar-refractivity contribution in [2.24, 2.45) is 5.73 Å². The Hall–Kier alpha value is -2.24. The standard InChI is InChI=1S/C9H10N2O4/c10-6-3-1-2-5(9(13)14)8(6)15-4-7(11)12/h1-3H,4,10H2,(H2,11,12)(H,13,14). The maximum absolute atomic E-state index is 10.8. The van der Waals surface area contributed by atoms with Crippen molar-refractivity contribution in [1.82, 2.24) is 0 Å². The number of primary amides is 1. The second-order valence-electron chi connectivity index (χ2n) is 2.78. The fourth-order valence-corrected chi connectivity index (χ4v) is 1.03. The number of nitrogens with two attached hydrogens (primary N) is 2. The lowest BCUT2D eigenvalue weighted by atomic mass is 10.2. The molecule has 0 radical (unpaired) electrons. The summed E-state index contributed by atoms with van der Waals surface area (Å²) in [5, 5.41) is 8.80. The molecule has 0 heterocycles. The van der Waals surface area contributed by atoms with Crippen LogP contribution < -0.4 is 16.2 Å². The molecule has 0 bridgehead atoms. The van der Waals surface area contributed by atoms with E-state index in [2.05, 4.69) is 0 Å². The molecule has 0 spiro atoms. The van der Waals surface area contributed by atoms with Crippen LogP contribution in [0.15, 0.2) is 18.2 Å². The Kier molecular flexibility index (Phi) is 3.12. The summed E-state index contributed by atoms with van der Waals surface area (Å²) in [7, 11) is 0. The third-order valence-corrected chi connectivity index (χ3v) is 1.63. The second kappa shape index (κ2) is 4.32. The molecule has 1 amide bonds. The van der Waals surface area contributed by atoms with Crippen LogP contribution in [0.4, 0.5) is 5.69 Å². The predicted octanol–water partition coefficient (Wildman–Crippen LogP) is -0.169. The first-order valence-electron chi connectivity index (χ1n) is 4.05. The highest BCUT2D eigenvalue weighted by Gasteiger charge is 2.14. The fraction of sp³-hybridized carbons (Fsp3) is 0.111. The molecule has 0 saturated carbocycles. The number of ether oxygens (including phenoxy) is 1. The first-order valence-corrected chi connectivity index (χ1v) is 4.05. The van der Waals surface area contributed by atoms with Crippen LogP contribution in [0, 0.1) is 0 Å². The third kappa shape index (κ3) is 2.60. The van der Waals surface area contributed by atoms with Gasteiger partial charge in [0.25, 0.3) is 5.91 Å². The molecule has 0 aliphatic carbocycles. The van der Waals surface area contributed by atoms with Crippen molar-refractivity contribution in [3.63, 3.8) is 0 Å². The van der Waals surface area contributed by atoms with Gasteiger partial charge in [-0.05, 0) is 12.1 Å². The number of aromatic carboxylic acids is 1. The van der Waals surface area contributed by atoms with E-state index in [1.54, 1.807) is 0 Å². The van der Waals surface area contributed by atoms with E-state index in [1.807, 2.05) is 0 Å². The maximum atomic E-state index is 10.8. The van der Waals surface area contributed by atoms with Crippen molar-refractivity contribution in [2.75, 3.05) is 12.3 Å². The summed E-state index contributed by atoms with van der Waals surface area (Å²) in [6.45, 7) is -0.408. The molecule has 5 N–H and O–H groups in total. The van der Waals surface area contributed by atoms with Gasteiger partial charge in [0.15, 0.2) is 12.4 Å². The van der Waals surface area contributed by atoms with Gasteiger partial charge >= 0.3 is 5.97 Å². The largest absolute Gasteiger partial charge is 0.481 e. The Morgan fingerprint density at radius 1 is 1.40 bits per heavy atom. The van der Waals surface area contributed by atoms with Gasteiger partial charge < -0.3 is 21.3 Å². The van der Waals surface area contributed by atoms with Gasteiger partial charge in [-0.3, -0.25) is 4.79 Å². The third-order valence-electron chi connectivity index (χ3n) is 1.63. The normalized spacial score (nSPS) is 9.60. The molecule has 0 saturated heterocycles. The van der Waals surface area contributed by atoms with E-state index in [9.17, 15) is 9.59 Å². The molecule has 0 fully saturated rings. The number of anilines is 1. The number of amides is 1. The van der Waals surface area contributed by atoms with E-state index in [1.165, 1.54) is 18.2 Å². The van der Waals surface area contributed by atoms with Crippen molar-refractivity contribution in [2.45, 2.75) is 0 Å². The van der Waals surface area contributed by atoms with E-state index in [0.29, 0.717) is 0 Å². The molecule has 1 rings (SSSR count).